The van der Waals surface area contributed by atoms with Crippen molar-refractivity contribution in [2.24, 2.45) is 0 Å². The molecule has 0 aliphatic carbocycles. The largest absolute Gasteiger partial charge is 0.382 e. The number of hydrogen-bond donors (Lipinski definition) is 1. The Kier molecular flexibility index (Phi) is 4.27. The SMILES string of the molecule is CCN1CCN(CC(=O)c2ccc3c(c2)CC(C)N3)CC1. The van der Waals surface area contributed by atoms with Crippen LogP contribution in [-0.2, 0) is 6.42 Å². The van der Waals surface area contributed by atoms with Crippen LogP contribution >= 0.6 is 0 Å². The molecule has 0 saturated carbocycles. The second-order valence-electron chi connectivity index (χ2n) is 6.26. The van der Waals surface area contributed by atoms with Gasteiger partial charge >= 0.3 is 0 Å². The Labute approximate surface area is 127 Å². The lowest BCUT2D eigenvalue weighted by molar-refractivity contribution is 0.0859. The van der Waals surface area contributed by atoms with E-state index >= 15 is 0 Å². The third-order valence-electron chi connectivity index (χ3n) is 4.63. The molecule has 4 heteroatoms. The fourth-order valence-electron chi connectivity index (χ4n) is 3.28. The summed E-state index contributed by atoms with van der Waals surface area (Å²) in [6.07, 6.45) is 1.02. The van der Waals surface area contributed by atoms with Gasteiger partial charge in [-0.15, -0.1) is 0 Å². The van der Waals surface area contributed by atoms with Crippen molar-refractivity contribution in [1.82, 2.24) is 9.80 Å². The normalized spacial score (nSPS) is 22.9. The molecule has 1 aromatic rings. The molecule has 1 atom stereocenters. The molecule has 0 bridgehead atoms. The lowest BCUT2D eigenvalue weighted by atomic mass is 10.0. The highest BCUT2D eigenvalue weighted by Gasteiger charge is 2.21. The van der Waals surface area contributed by atoms with Gasteiger partial charge in [0.1, 0.15) is 0 Å². The summed E-state index contributed by atoms with van der Waals surface area (Å²) >= 11 is 0. The average Bonchev–Trinajstić information content (AvgIpc) is 2.87. The Morgan fingerprint density at radius 3 is 2.67 bits per heavy atom. The van der Waals surface area contributed by atoms with Crippen LogP contribution in [-0.4, -0.2) is 60.9 Å². The van der Waals surface area contributed by atoms with Gasteiger partial charge in [0.15, 0.2) is 5.78 Å². The fourth-order valence-corrected chi connectivity index (χ4v) is 3.28. The van der Waals surface area contributed by atoms with Crippen molar-refractivity contribution >= 4 is 11.5 Å². The Morgan fingerprint density at radius 1 is 1.24 bits per heavy atom. The number of nitrogens with one attached hydrogen (secondary N) is 1. The van der Waals surface area contributed by atoms with Crippen LogP contribution in [0.15, 0.2) is 18.2 Å². The van der Waals surface area contributed by atoms with Crippen LogP contribution in [0.5, 0.6) is 0 Å². The average molecular weight is 287 g/mol. The third kappa shape index (κ3) is 3.27. The van der Waals surface area contributed by atoms with Gasteiger partial charge in [0.05, 0.1) is 6.54 Å². The first-order valence-corrected chi connectivity index (χ1v) is 8.03. The van der Waals surface area contributed by atoms with E-state index in [2.05, 4.69) is 41.1 Å². The third-order valence-corrected chi connectivity index (χ3v) is 4.63. The van der Waals surface area contributed by atoms with Crippen LogP contribution in [0.4, 0.5) is 5.69 Å². The van der Waals surface area contributed by atoms with Crippen molar-refractivity contribution in [2.45, 2.75) is 26.3 Å². The predicted molar refractivity (Wildman–Crippen MR) is 86.1 cm³/mol. The summed E-state index contributed by atoms with van der Waals surface area (Å²) in [5.41, 5.74) is 3.34. The van der Waals surface area contributed by atoms with Crippen LogP contribution in [0.2, 0.25) is 0 Å². The monoisotopic (exact) mass is 287 g/mol. The first-order valence-electron chi connectivity index (χ1n) is 8.03. The number of nitrogens with zero attached hydrogens (tertiary/aromatic N) is 2. The quantitative estimate of drug-likeness (QED) is 0.858. The van der Waals surface area contributed by atoms with E-state index in [1.807, 2.05) is 6.07 Å². The summed E-state index contributed by atoms with van der Waals surface area (Å²) in [6, 6.07) is 6.58. The number of anilines is 1. The van der Waals surface area contributed by atoms with Crippen molar-refractivity contribution in [1.29, 1.82) is 0 Å². The van der Waals surface area contributed by atoms with Crippen LogP contribution < -0.4 is 5.32 Å². The maximum atomic E-state index is 12.5. The van der Waals surface area contributed by atoms with Gasteiger partial charge in [-0.2, -0.15) is 0 Å². The highest BCUT2D eigenvalue weighted by atomic mass is 16.1. The number of fused-ring (bicyclic) bond motifs is 1. The minimum absolute atomic E-state index is 0.252. The zero-order valence-corrected chi connectivity index (χ0v) is 13.1. The van der Waals surface area contributed by atoms with E-state index < -0.39 is 0 Å². The summed E-state index contributed by atoms with van der Waals surface area (Å²) in [4.78, 5) is 17.2. The molecule has 114 valence electrons. The van der Waals surface area contributed by atoms with E-state index in [4.69, 9.17) is 0 Å². The molecule has 1 aromatic carbocycles. The summed E-state index contributed by atoms with van der Waals surface area (Å²) in [6.45, 7) is 10.2. The molecule has 4 nitrogen and oxygen atoms in total. The molecule has 1 N–H and O–H groups in total. The van der Waals surface area contributed by atoms with Crippen molar-refractivity contribution in [3.63, 3.8) is 0 Å². The molecule has 0 amide bonds. The minimum atomic E-state index is 0.252. The minimum Gasteiger partial charge on any atom is -0.382 e. The molecule has 1 saturated heterocycles. The van der Waals surface area contributed by atoms with Crippen LogP contribution in [0.1, 0.15) is 29.8 Å². The first-order chi connectivity index (χ1) is 10.2. The maximum Gasteiger partial charge on any atom is 0.176 e. The summed E-state index contributed by atoms with van der Waals surface area (Å²) in [7, 11) is 0. The Hall–Kier alpha value is -1.39. The molecule has 21 heavy (non-hydrogen) atoms. The van der Waals surface area contributed by atoms with Crippen molar-refractivity contribution in [2.75, 3.05) is 44.6 Å². The van der Waals surface area contributed by atoms with Gasteiger partial charge in [0.25, 0.3) is 0 Å². The van der Waals surface area contributed by atoms with Gasteiger partial charge in [-0.1, -0.05) is 6.92 Å². The van der Waals surface area contributed by atoms with Gasteiger partial charge in [0.2, 0.25) is 0 Å². The maximum absolute atomic E-state index is 12.5. The molecule has 2 aliphatic rings. The van der Waals surface area contributed by atoms with Crippen molar-refractivity contribution < 1.29 is 4.79 Å². The van der Waals surface area contributed by atoms with Gasteiger partial charge < -0.3 is 10.2 Å². The summed E-state index contributed by atoms with van der Waals surface area (Å²) in [5.74, 6) is 0.252. The van der Waals surface area contributed by atoms with Crippen molar-refractivity contribution in [3.05, 3.63) is 29.3 Å². The highest BCUT2D eigenvalue weighted by molar-refractivity contribution is 5.98. The number of piperazine rings is 1. The molecule has 3 rings (SSSR count). The van der Waals surface area contributed by atoms with E-state index in [0.717, 1.165) is 44.7 Å². The second kappa shape index (κ2) is 6.16. The van der Waals surface area contributed by atoms with Gasteiger partial charge in [-0.25, -0.2) is 0 Å². The van der Waals surface area contributed by atoms with Crippen LogP contribution in [0, 0.1) is 0 Å². The predicted octanol–water partition coefficient (Wildman–Crippen LogP) is 1.86. The summed E-state index contributed by atoms with van der Waals surface area (Å²) < 4.78 is 0. The number of carbonyl (C=O) groups is 1. The van der Waals surface area contributed by atoms with E-state index in [0.29, 0.717) is 12.6 Å². The second-order valence-corrected chi connectivity index (χ2v) is 6.26. The van der Waals surface area contributed by atoms with E-state index in [1.165, 1.54) is 11.3 Å². The molecular formula is C17H25N3O. The van der Waals surface area contributed by atoms with Gasteiger partial charge in [-0.3, -0.25) is 9.69 Å². The van der Waals surface area contributed by atoms with Gasteiger partial charge in [0, 0.05) is 43.5 Å². The van der Waals surface area contributed by atoms with Crippen LogP contribution in [0.25, 0.3) is 0 Å². The number of hydrogen-bond acceptors (Lipinski definition) is 4. The Bertz CT molecular complexity index is 521. The number of carbonyl (C=O) groups excluding carboxylic acids is 1. The zero-order chi connectivity index (χ0) is 14.8. The lowest BCUT2D eigenvalue weighted by Gasteiger charge is -2.33. The zero-order valence-electron chi connectivity index (χ0n) is 13.1. The number of benzene rings is 1. The van der Waals surface area contributed by atoms with Crippen LogP contribution in [0.3, 0.4) is 0 Å². The number of ketones is 1. The summed E-state index contributed by atoms with van der Waals surface area (Å²) in [5, 5.41) is 3.43. The molecule has 2 aliphatic heterocycles. The van der Waals surface area contributed by atoms with E-state index in [1.54, 1.807) is 0 Å². The van der Waals surface area contributed by atoms with Gasteiger partial charge in [-0.05, 0) is 43.7 Å². The number of rotatable bonds is 4. The lowest BCUT2D eigenvalue weighted by Crippen LogP contribution is -2.47. The van der Waals surface area contributed by atoms with Crippen molar-refractivity contribution in [3.8, 4) is 0 Å². The van der Waals surface area contributed by atoms with E-state index in [9.17, 15) is 4.79 Å². The molecule has 2 heterocycles. The molecule has 1 unspecified atom stereocenters. The highest BCUT2D eigenvalue weighted by Crippen LogP contribution is 2.26. The molecular weight excluding hydrogens is 262 g/mol. The molecule has 0 radical (unpaired) electrons. The molecule has 1 fully saturated rings. The standard InChI is InChI=1S/C17H25N3O/c1-3-19-6-8-20(9-7-19)12-17(21)14-4-5-16-15(11-14)10-13(2)18-16/h4-5,11,13,18H,3,6-10,12H2,1-2H3. The molecule has 0 spiro atoms. The smallest absolute Gasteiger partial charge is 0.176 e. The number of Topliss-reactive ketones (excluding diaryl/α,β-unsaturated/α-hetero) is 1. The first kappa shape index (κ1) is 14.5. The molecule has 0 aromatic heterocycles. The Morgan fingerprint density at radius 2 is 1.95 bits per heavy atom. The fraction of sp³-hybridized carbons (Fsp3) is 0.588. The Balaban J connectivity index is 1.60. The number of likely N-dealkylation sites (N-methyl/N-ethyl adjacent to an activating group) is 1. The van der Waals surface area contributed by atoms with E-state index in [-0.39, 0.29) is 5.78 Å². The topological polar surface area (TPSA) is 35.6 Å².